The van der Waals surface area contributed by atoms with E-state index in [9.17, 15) is 14.9 Å². The Balaban J connectivity index is 1.97. The number of nitrogens with zero attached hydrogens (tertiary/aromatic N) is 3. The molecule has 0 aliphatic carbocycles. The molecule has 1 N–H and O–H groups in total. The molecule has 20 heavy (non-hydrogen) atoms. The Morgan fingerprint density at radius 1 is 1.60 bits per heavy atom. The van der Waals surface area contributed by atoms with Gasteiger partial charge in [-0.15, -0.1) is 0 Å². The van der Waals surface area contributed by atoms with Crippen LogP contribution in [0.4, 0.5) is 5.82 Å². The Hall–Kier alpha value is -2.29. The van der Waals surface area contributed by atoms with Crippen LogP contribution in [-0.2, 0) is 6.54 Å². The van der Waals surface area contributed by atoms with E-state index in [1.165, 1.54) is 28.6 Å². The summed E-state index contributed by atoms with van der Waals surface area (Å²) in [7, 11) is 0. The molecule has 0 unspecified atom stereocenters. The smallest absolute Gasteiger partial charge is 0.371 e. The van der Waals surface area contributed by atoms with Gasteiger partial charge >= 0.3 is 11.8 Å². The first-order chi connectivity index (χ1) is 9.49. The maximum Gasteiger partial charge on any atom is 0.371 e. The van der Waals surface area contributed by atoms with E-state index in [1.54, 1.807) is 13.0 Å². The Morgan fingerprint density at radius 2 is 2.35 bits per heavy atom. The van der Waals surface area contributed by atoms with Gasteiger partial charge in [-0.3, -0.25) is 0 Å². The van der Waals surface area contributed by atoms with Gasteiger partial charge in [-0.2, -0.15) is 0 Å². The summed E-state index contributed by atoms with van der Waals surface area (Å²) in [5.74, 6) is -0.253. The first-order valence-electron chi connectivity index (χ1n) is 5.61. The minimum absolute atomic E-state index is 0.0613. The van der Waals surface area contributed by atoms with E-state index in [4.69, 9.17) is 9.52 Å². The average Bonchev–Trinajstić information content (AvgIpc) is 2.97. The van der Waals surface area contributed by atoms with Gasteiger partial charge in [-0.05, 0) is 17.1 Å². The van der Waals surface area contributed by atoms with Crippen LogP contribution < -0.4 is 0 Å². The number of rotatable bonds is 6. The van der Waals surface area contributed by atoms with Gasteiger partial charge in [0.1, 0.15) is 12.7 Å². The maximum atomic E-state index is 10.8. The number of furan rings is 1. The third kappa shape index (κ3) is 2.99. The lowest BCUT2D eigenvalue weighted by molar-refractivity contribution is -0.392. The molecule has 0 fully saturated rings. The van der Waals surface area contributed by atoms with Crippen molar-refractivity contribution >= 4 is 23.5 Å². The summed E-state index contributed by atoms with van der Waals surface area (Å²) in [5.41, 5.74) is 0. The number of thioether (sulfide) groups is 1. The molecule has 8 nitrogen and oxygen atoms in total. The van der Waals surface area contributed by atoms with Crippen molar-refractivity contribution in [2.24, 2.45) is 0 Å². The number of nitro groups is 1. The van der Waals surface area contributed by atoms with E-state index < -0.39 is 10.9 Å². The van der Waals surface area contributed by atoms with Crippen LogP contribution in [0, 0.1) is 17.0 Å². The lowest BCUT2D eigenvalue weighted by atomic mass is 10.5. The molecular weight excluding hydrogens is 286 g/mol. The molecule has 0 saturated carbocycles. The number of carboxylic acid groups (broad SMARTS) is 1. The lowest BCUT2D eigenvalue weighted by Gasteiger charge is -2.01. The summed E-state index contributed by atoms with van der Waals surface area (Å²) in [6.45, 7) is 2.07. The molecule has 106 valence electrons. The number of hydrogen-bond acceptors (Lipinski definition) is 6. The predicted octanol–water partition coefficient (Wildman–Crippen LogP) is 2.18. The van der Waals surface area contributed by atoms with Crippen molar-refractivity contribution in [3.8, 4) is 0 Å². The van der Waals surface area contributed by atoms with Crippen molar-refractivity contribution in [1.82, 2.24) is 9.55 Å². The fourth-order valence-electron chi connectivity index (χ4n) is 1.63. The second kappa shape index (κ2) is 5.78. The second-order valence-electron chi connectivity index (χ2n) is 3.84. The molecule has 2 heterocycles. The molecule has 2 rings (SSSR count). The van der Waals surface area contributed by atoms with Gasteiger partial charge in [0.25, 0.3) is 0 Å². The predicted molar refractivity (Wildman–Crippen MR) is 70.0 cm³/mol. The van der Waals surface area contributed by atoms with E-state index in [-0.39, 0.29) is 11.6 Å². The molecule has 0 bridgehead atoms. The summed E-state index contributed by atoms with van der Waals surface area (Å²) in [6.07, 6.45) is 1.22. The molecule has 0 aliphatic heterocycles. The lowest BCUT2D eigenvalue weighted by Crippen LogP contribution is -2.06. The van der Waals surface area contributed by atoms with Crippen LogP contribution in [0.3, 0.4) is 0 Å². The van der Waals surface area contributed by atoms with Crippen molar-refractivity contribution < 1.29 is 19.2 Å². The normalized spacial score (nSPS) is 10.7. The molecule has 9 heteroatoms. The fourth-order valence-corrected chi connectivity index (χ4v) is 2.42. The maximum absolute atomic E-state index is 10.8. The Labute approximate surface area is 117 Å². The number of aromatic nitrogens is 2. The largest absolute Gasteiger partial charge is 0.475 e. The van der Waals surface area contributed by atoms with Crippen molar-refractivity contribution in [3.63, 3.8) is 0 Å². The van der Waals surface area contributed by atoms with E-state index in [1.807, 2.05) is 0 Å². The van der Waals surface area contributed by atoms with Gasteiger partial charge in [-0.1, -0.05) is 11.8 Å². The van der Waals surface area contributed by atoms with Crippen LogP contribution in [0.5, 0.6) is 0 Å². The standard InChI is InChI=1S/C11H11N3O5S/c1-7-12-6-9(14(17)18)13(7)4-5-20-10-3-2-8(19-10)11(15)16/h2-3,6H,4-5H2,1H3,(H,15,16). The number of carbonyl (C=O) groups is 1. The highest BCUT2D eigenvalue weighted by molar-refractivity contribution is 7.99. The highest BCUT2D eigenvalue weighted by Crippen LogP contribution is 2.22. The molecule has 2 aromatic heterocycles. The van der Waals surface area contributed by atoms with E-state index >= 15 is 0 Å². The first-order valence-corrected chi connectivity index (χ1v) is 6.60. The summed E-state index contributed by atoms with van der Waals surface area (Å²) < 4.78 is 6.57. The van der Waals surface area contributed by atoms with Gasteiger partial charge in [0, 0.05) is 12.7 Å². The Morgan fingerprint density at radius 3 is 2.95 bits per heavy atom. The molecule has 0 amide bonds. The van der Waals surface area contributed by atoms with Gasteiger partial charge in [0.05, 0.1) is 0 Å². The highest BCUT2D eigenvalue weighted by atomic mass is 32.2. The number of imidazole rings is 1. The number of aryl methyl sites for hydroxylation is 1. The van der Waals surface area contributed by atoms with Gasteiger partial charge < -0.3 is 19.6 Å². The fraction of sp³-hybridized carbons (Fsp3) is 0.273. The quantitative estimate of drug-likeness (QED) is 0.494. The molecule has 0 aliphatic rings. The van der Waals surface area contributed by atoms with Crippen molar-refractivity contribution in [1.29, 1.82) is 0 Å². The van der Waals surface area contributed by atoms with Gasteiger partial charge in [-0.25, -0.2) is 14.3 Å². The molecule has 0 atom stereocenters. The zero-order valence-corrected chi connectivity index (χ0v) is 11.3. The Bertz CT molecular complexity index is 648. The Kier molecular flexibility index (Phi) is 4.08. The van der Waals surface area contributed by atoms with Crippen LogP contribution in [0.2, 0.25) is 0 Å². The van der Waals surface area contributed by atoms with Crippen molar-refractivity contribution in [2.75, 3.05) is 5.75 Å². The summed E-state index contributed by atoms with van der Waals surface area (Å²) in [6, 6.07) is 2.93. The van der Waals surface area contributed by atoms with E-state index in [2.05, 4.69) is 4.98 Å². The topological polar surface area (TPSA) is 111 Å². The number of aromatic carboxylic acids is 1. The van der Waals surface area contributed by atoms with Crippen molar-refractivity contribution in [3.05, 3.63) is 40.0 Å². The molecule has 0 radical (unpaired) electrons. The van der Waals surface area contributed by atoms with Crippen LogP contribution in [0.1, 0.15) is 16.4 Å². The summed E-state index contributed by atoms with van der Waals surface area (Å²) >= 11 is 1.28. The highest BCUT2D eigenvalue weighted by Gasteiger charge is 2.17. The van der Waals surface area contributed by atoms with Gasteiger partial charge in [0.15, 0.2) is 10.9 Å². The summed E-state index contributed by atoms with van der Waals surface area (Å²) in [5, 5.41) is 20.0. The third-order valence-electron chi connectivity index (χ3n) is 2.57. The van der Waals surface area contributed by atoms with Crippen LogP contribution in [0.25, 0.3) is 0 Å². The molecule has 2 aromatic rings. The third-order valence-corrected chi connectivity index (χ3v) is 3.46. The summed E-state index contributed by atoms with van der Waals surface area (Å²) in [4.78, 5) is 24.9. The zero-order chi connectivity index (χ0) is 14.7. The van der Waals surface area contributed by atoms with Crippen LogP contribution in [-0.4, -0.2) is 31.3 Å². The van der Waals surface area contributed by atoms with Crippen LogP contribution >= 0.6 is 11.8 Å². The minimum atomic E-state index is -1.13. The minimum Gasteiger partial charge on any atom is -0.475 e. The first kappa shape index (κ1) is 14.1. The SMILES string of the molecule is Cc1ncc([N+](=O)[O-])n1CCSc1ccc(C(=O)O)o1. The molecule has 0 saturated heterocycles. The monoisotopic (exact) mass is 297 g/mol. The van der Waals surface area contributed by atoms with Crippen LogP contribution in [0.15, 0.2) is 27.8 Å². The zero-order valence-electron chi connectivity index (χ0n) is 10.5. The van der Waals surface area contributed by atoms with Crippen molar-refractivity contribution in [2.45, 2.75) is 18.6 Å². The molecular formula is C11H11N3O5S. The molecule has 0 spiro atoms. The van der Waals surface area contributed by atoms with Gasteiger partial charge in [0.2, 0.25) is 5.76 Å². The van der Waals surface area contributed by atoms with E-state index in [0.29, 0.717) is 23.2 Å². The van der Waals surface area contributed by atoms with E-state index in [0.717, 1.165) is 0 Å². The average molecular weight is 297 g/mol. The second-order valence-corrected chi connectivity index (χ2v) is 4.94. The molecule has 0 aromatic carbocycles. The number of hydrogen-bond donors (Lipinski definition) is 1. The number of carboxylic acids is 1.